The predicted molar refractivity (Wildman–Crippen MR) is 283 cm³/mol. The molecule has 0 unspecified atom stereocenters. The summed E-state index contributed by atoms with van der Waals surface area (Å²) in [6.07, 6.45) is 2.26. The fraction of sp³-hybridized carbons (Fsp3) is 0.400. The highest BCUT2D eigenvalue weighted by Crippen LogP contribution is 2.59. The minimum Gasteiger partial charge on any atom is -0.370 e. The van der Waals surface area contributed by atoms with Gasteiger partial charge < -0.3 is 46.3 Å². The lowest BCUT2D eigenvalue weighted by Crippen LogP contribution is -2.61. The molecule has 1 aromatic heterocycles. The summed E-state index contributed by atoms with van der Waals surface area (Å²) in [6, 6.07) is 21.8. The molecule has 8 amide bonds. The zero-order valence-electron chi connectivity index (χ0n) is 43.0. The largest absolute Gasteiger partial charge is 0.399 e. The van der Waals surface area contributed by atoms with Gasteiger partial charge in [-0.15, -0.1) is 0 Å². The average molecular weight is 1110 g/mol. The van der Waals surface area contributed by atoms with Crippen molar-refractivity contribution >= 4 is 65.7 Å². The Morgan fingerprint density at radius 1 is 0.810 bits per heavy atom. The van der Waals surface area contributed by atoms with Gasteiger partial charge in [-0.05, 0) is 99.0 Å². The second-order valence-corrected chi connectivity index (χ2v) is 22.4. The van der Waals surface area contributed by atoms with Crippen molar-refractivity contribution in [2.75, 3.05) is 44.2 Å². The Labute approximate surface area is 452 Å². The lowest BCUT2D eigenvalue weighted by molar-refractivity contribution is -0.144. The van der Waals surface area contributed by atoms with Gasteiger partial charge in [0, 0.05) is 79.3 Å². The van der Waals surface area contributed by atoms with Crippen LogP contribution in [-0.4, -0.2) is 134 Å². The Kier molecular flexibility index (Phi) is 17.0. The third kappa shape index (κ3) is 13.0. The molecule has 0 spiro atoms. The first kappa shape index (κ1) is 56.3. The van der Waals surface area contributed by atoms with E-state index in [-0.39, 0.29) is 67.2 Å². The molecule has 4 aliphatic heterocycles. The number of aromatic amines is 1. The van der Waals surface area contributed by atoms with Gasteiger partial charge in [0.2, 0.25) is 29.5 Å². The van der Waals surface area contributed by atoms with Gasteiger partial charge in [-0.1, -0.05) is 72.8 Å². The Morgan fingerprint density at radius 2 is 1.49 bits per heavy atom. The number of carbonyl (C=O) groups is 7. The number of likely N-dealkylation sites (tertiary alicyclic amines) is 1. The van der Waals surface area contributed by atoms with Crippen LogP contribution < -0.4 is 31.9 Å². The zero-order valence-corrected chi connectivity index (χ0v) is 43.9. The number of alkyl halides is 2. The number of halogens is 3. The number of hydrogen-bond donors (Lipinski definition) is 8. The molecular formula is C55H62F3N10O10P. The van der Waals surface area contributed by atoms with E-state index in [4.69, 9.17) is 5.73 Å². The number of benzene rings is 4. The van der Waals surface area contributed by atoms with E-state index < -0.39 is 90.4 Å². The fourth-order valence-electron chi connectivity index (χ4n) is 11.1. The molecule has 0 aliphatic carbocycles. The molecule has 4 saturated heterocycles. The van der Waals surface area contributed by atoms with Crippen LogP contribution in [0.3, 0.4) is 0 Å². The lowest BCUT2D eigenvalue weighted by atomic mass is 9.95. The van der Waals surface area contributed by atoms with Crippen molar-refractivity contribution < 1.29 is 61.1 Å². The van der Waals surface area contributed by atoms with Gasteiger partial charge in [0.05, 0.1) is 6.04 Å². The number of nitrogens with one attached hydrogen (secondary N) is 5. The summed E-state index contributed by atoms with van der Waals surface area (Å²) in [5.74, 6) is -4.04. The maximum absolute atomic E-state index is 15.5. The number of nitrogens with zero attached hydrogens (tertiary/aromatic N) is 4. The summed E-state index contributed by atoms with van der Waals surface area (Å²) >= 11 is 0. The van der Waals surface area contributed by atoms with E-state index in [1.165, 1.54) is 21.9 Å². The minimum absolute atomic E-state index is 0.00595. The molecule has 4 atom stereocenters. The van der Waals surface area contributed by atoms with E-state index in [2.05, 4.69) is 36.1 Å². The molecule has 79 heavy (non-hydrogen) atoms. The minimum atomic E-state index is -5.91. The maximum Gasteiger partial charge on any atom is 0.399 e. The highest BCUT2D eigenvalue weighted by Gasteiger charge is 2.51. The van der Waals surface area contributed by atoms with Gasteiger partial charge in [0.1, 0.15) is 29.6 Å². The van der Waals surface area contributed by atoms with E-state index in [1.807, 2.05) is 60.7 Å². The van der Waals surface area contributed by atoms with Gasteiger partial charge in [-0.25, -0.2) is 9.18 Å². The summed E-state index contributed by atoms with van der Waals surface area (Å²) in [4.78, 5) is 123. The lowest BCUT2D eigenvalue weighted by Gasteiger charge is -2.40. The monoisotopic (exact) mass is 1110 g/mol. The quantitative estimate of drug-likeness (QED) is 0.0554. The number of piperidine rings is 1. The molecule has 0 saturated carbocycles. The Hall–Kier alpha value is -7.43. The summed E-state index contributed by atoms with van der Waals surface area (Å²) in [5, 5.41) is 11.0. The molecule has 0 bridgehead atoms. The summed E-state index contributed by atoms with van der Waals surface area (Å²) < 4.78 is 56.6. The molecular weight excluding hydrogens is 1050 g/mol. The van der Waals surface area contributed by atoms with Crippen molar-refractivity contribution in [2.45, 2.75) is 93.8 Å². The standard InChI is InChI=1S/C55H62F3N10O10P/c56-41-29-40(67-26-22-48(70)63-54(67)75)13-11-36(41)31-65-23-19-33(20-24-65)30-66-25-21-39-14-17-46(52(73)61-43(16-18-47(59)69)50(71)64-49(34-7-3-1-4-8-34)35-9-5-2-6-10-35)68(39)53(74)45(32-66)62-51(72)44-28-37-27-38(12-15-42(37)60-44)55(57,58)79(76,77)78/h1-13,15,27-29,33,39,43,45-46,49,60H,14,16-26,30-32H2,(H2,59,69)(H,61,73)(H,62,72)(H,64,71)(H,63,70,75)(H2,76,77,78)/t39-,43+,45+,46+/m1/s1. The molecule has 9 N–H and O–H groups in total. The molecule has 4 aromatic carbocycles. The molecule has 5 heterocycles. The van der Waals surface area contributed by atoms with Crippen LogP contribution >= 0.6 is 7.60 Å². The number of anilines is 1. The molecule has 5 aromatic rings. The normalized spacial score (nSPS) is 20.3. The van der Waals surface area contributed by atoms with E-state index in [0.29, 0.717) is 56.8 Å². The number of primary amides is 1. The van der Waals surface area contributed by atoms with Gasteiger partial charge in [-0.3, -0.25) is 48.4 Å². The molecule has 0 radical (unpaired) electrons. The van der Waals surface area contributed by atoms with Gasteiger partial charge in [-0.2, -0.15) is 8.78 Å². The molecule has 20 nitrogen and oxygen atoms in total. The number of aromatic nitrogens is 1. The van der Waals surface area contributed by atoms with Crippen LogP contribution in [-0.2, 0) is 40.7 Å². The van der Waals surface area contributed by atoms with Gasteiger partial charge >= 0.3 is 19.3 Å². The first-order valence-corrected chi connectivity index (χ1v) is 27.9. The number of hydrogen-bond acceptors (Lipinski definition) is 10. The second kappa shape index (κ2) is 23.9. The van der Waals surface area contributed by atoms with Crippen molar-refractivity contribution in [2.24, 2.45) is 11.7 Å². The number of fused-ring (bicyclic) bond motifs is 2. The molecule has 4 aliphatic rings. The van der Waals surface area contributed by atoms with Crippen molar-refractivity contribution in [1.29, 1.82) is 0 Å². The second-order valence-electron chi connectivity index (χ2n) is 20.7. The molecule has 418 valence electrons. The van der Waals surface area contributed by atoms with Crippen LogP contribution in [0.5, 0.6) is 0 Å². The number of nitrogens with two attached hydrogens (primary N) is 1. The predicted octanol–water partition coefficient (Wildman–Crippen LogP) is 4.71. The van der Waals surface area contributed by atoms with E-state index in [1.54, 1.807) is 12.1 Å². The number of H-pyrrole nitrogens is 1. The summed E-state index contributed by atoms with van der Waals surface area (Å²) in [5.41, 5.74) is 2.45. The van der Waals surface area contributed by atoms with Crippen LogP contribution in [0.4, 0.5) is 23.7 Å². The third-order valence-corrected chi connectivity index (χ3v) is 16.3. The van der Waals surface area contributed by atoms with Crippen LogP contribution in [0.15, 0.2) is 103 Å². The number of amides is 8. The molecule has 9 rings (SSSR count). The van der Waals surface area contributed by atoms with Crippen molar-refractivity contribution in [1.82, 2.24) is 41.0 Å². The van der Waals surface area contributed by atoms with Crippen LogP contribution in [0.2, 0.25) is 0 Å². The van der Waals surface area contributed by atoms with Crippen LogP contribution in [0.1, 0.15) is 90.2 Å². The fourth-order valence-corrected chi connectivity index (χ4v) is 11.6. The number of urea groups is 1. The van der Waals surface area contributed by atoms with Crippen LogP contribution in [0.25, 0.3) is 10.9 Å². The summed E-state index contributed by atoms with van der Waals surface area (Å²) in [7, 11) is -5.91. The smallest absolute Gasteiger partial charge is 0.370 e. The first-order chi connectivity index (χ1) is 37.7. The van der Waals surface area contributed by atoms with Crippen LogP contribution in [0, 0.1) is 11.7 Å². The molecule has 4 fully saturated rings. The Bertz CT molecular complexity index is 3120. The number of carbonyl (C=O) groups excluding carboxylic acids is 7. The number of rotatable bonds is 18. The van der Waals surface area contributed by atoms with Crippen molar-refractivity contribution in [3.63, 3.8) is 0 Å². The topological polar surface area (TPSA) is 280 Å². The Balaban J connectivity index is 0.916. The van der Waals surface area contributed by atoms with Gasteiger partial charge in [0.15, 0.2) is 0 Å². The molecule has 24 heteroatoms. The van der Waals surface area contributed by atoms with Crippen molar-refractivity contribution in [3.8, 4) is 0 Å². The van der Waals surface area contributed by atoms with Crippen molar-refractivity contribution in [3.05, 3.63) is 137 Å². The summed E-state index contributed by atoms with van der Waals surface area (Å²) in [6.45, 7) is 2.71. The first-order valence-electron chi connectivity index (χ1n) is 26.3. The zero-order chi connectivity index (χ0) is 56.2. The highest BCUT2D eigenvalue weighted by molar-refractivity contribution is 7.52. The average Bonchev–Trinajstić information content (AvgIpc) is 4.16. The van der Waals surface area contributed by atoms with E-state index >= 15 is 9.18 Å². The Morgan fingerprint density at radius 3 is 2.14 bits per heavy atom. The van der Waals surface area contributed by atoms with Gasteiger partial charge in [0.25, 0.3) is 5.91 Å². The van der Waals surface area contributed by atoms with E-state index in [0.717, 1.165) is 42.2 Å². The number of imide groups is 1. The third-order valence-electron chi connectivity index (χ3n) is 15.3. The highest BCUT2D eigenvalue weighted by atomic mass is 31.2. The maximum atomic E-state index is 15.5. The SMILES string of the molecule is NC(=O)CC[C@H](NC(=O)[C@@H]1CC[C@@H]2CCN(CC3CCN(Cc4ccc(N5CCC(=O)NC5=O)cc4F)CC3)C[C@H](NC(=O)c3cc4cc(C(F)(F)P(=O)(O)O)ccc4[nH]3)C(=O)N21)C(=O)NC(c1ccccc1)c1ccccc1. The van der Waals surface area contributed by atoms with E-state index in [9.17, 15) is 51.9 Å².